The number of rotatable bonds is 9. The third-order valence-corrected chi connectivity index (χ3v) is 7.36. The van der Waals surface area contributed by atoms with Gasteiger partial charge in [0.2, 0.25) is 0 Å². The number of aromatic nitrogens is 5. The molecule has 0 spiro atoms. The van der Waals surface area contributed by atoms with Crippen molar-refractivity contribution in [2.24, 2.45) is 0 Å². The van der Waals surface area contributed by atoms with Crippen molar-refractivity contribution in [2.45, 2.75) is 76.9 Å². The summed E-state index contributed by atoms with van der Waals surface area (Å²) >= 11 is 6.12. The second-order valence-electron chi connectivity index (χ2n) is 10.5. The smallest absolute Gasteiger partial charge is 0.128 e. The van der Waals surface area contributed by atoms with E-state index in [0.717, 1.165) is 66.0 Å². The molecule has 1 aromatic carbocycles. The van der Waals surface area contributed by atoms with E-state index in [-0.39, 0.29) is 18.7 Å². The van der Waals surface area contributed by atoms with Crippen LogP contribution in [0, 0.1) is 0 Å². The molecule has 1 fully saturated rings. The number of ether oxygens (including phenoxy) is 1. The maximum atomic E-state index is 10.3. The SMILES string of the molecule is CCNc1cc2c(cn1)c(-c1cnn(C[C@@H](O)C(C)(C)O)c1)nn2[C@H]1CC[C@@H](Oc2cccc(Cl)c2)CC1. The summed E-state index contributed by atoms with van der Waals surface area (Å²) in [7, 11) is 0. The van der Waals surface area contributed by atoms with Gasteiger partial charge in [0.1, 0.15) is 23.4 Å². The predicted molar refractivity (Wildman–Crippen MR) is 149 cm³/mol. The molecule has 0 bridgehead atoms. The fourth-order valence-corrected chi connectivity index (χ4v) is 5.11. The third kappa shape index (κ3) is 5.80. The van der Waals surface area contributed by atoms with Gasteiger partial charge >= 0.3 is 0 Å². The molecule has 4 aromatic rings. The average Bonchev–Trinajstić information content (AvgIpc) is 3.49. The monoisotopic (exact) mass is 538 g/mol. The quantitative estimate of drug-likeness (QED) is 0.273. The summed E-state index contributed by atoms with van der Waals surface area (Å²) in [5, 5.41) is 34.8. The first-order valence-corrected chi connectivity index (χ1v) is 13.6. The topological polar surface area (TPSA) is 110 Å². The molecule has 5 rings (SSSR count). The van der Waals surface area contributed by atoms with Crippen LogP contribution >= 0.6 is 11.6 Å². The van der Waals surface area contributed by atoms with Crippen LogP contribution in [-0.4, -0.2) is 59.1 Å². The Bertz CT molecular complexity index is 1390. The van der Waals surface area contributed by atoms with E-state index < -0.39 is 11.7 Å². The molecule has 1 aliphatic carbocycles. The van der Waals surface area contributed by atoms with Crippen LogP contribution in [0.15, 0.2) is 48.9 Å². The van der Waals surface area contributed by atoms with Crippen LogP contribution in [0.25, 0.3) is 22.2 Å². The molecule has 38 heavy (non-hydrogen) atoms. The zero-order chi connectivity index (χ0) is 26.9. The van der Waals surface area contributed by atoms with Gasteiger partial charge in [-0.1, -0.05) is 17.7 Å². The van der Waals surface area contributed by atoms with E-state index >= 15 is 0 Å². The van der Waals surface area contributed by atoms with Crippen molar-refractivity contribution in [3.63, 3.8) is 0 Å². The lowest BCUT2D eigenvalue weighted by molar-refractivity contribution is -0.0566. The summed E-state index contributed by atoms with van der Waals surface area (Å²) in [5.74, 6) is 1.62. The van der Waals surface area contributed by atoms with Gasteiger partial charge in [-0.25, -0.2) is 4.98 Å². The number of nitrogens with zero attached hydrogens (tertiary/aromatic N) is 5. The molecule has 0 saturated heterocycles. The summed E-state index contributed by atoms with van der Waals surface area (Å²) in [6.45, 7) is 6.18. The number of benzene rings is 1. The molecular formula is C28H35ClN6O3. The van der Waals surface area contributed by atoms with Crippen LogP contribution in [0.5, 0.6) is 5.75 Å². The first-order chi connectivity index (χ1) is 18.2. The van der Waals surface area contributed by atoms with E-state index in [0.29, 0.717) is 5.02 Å². The lowest BCUT2D eigenvalue weighted by atomic mass is 9.93. The second kappa shape index (κ2) is 10.9. The summed E-state index contributed by atoms with van der Waals surface area (Å²) in [4.78, 5) is 4.60. The molecule has 0 aliphatic heterocycles. The number of pyridine rings is 1. The van der Waals surface area contributed by atoms with Gasteiger partial charge in [-0.3, -0.25) is 9.36 Å². The van der Waals surface area contributed by atoms with Gasteiger partial charge in [0.15, 0.2) is 0 Å². The van der Waals surface area contributed by atoms with Gasteiger partial charge in [0, 0.05) is 41.0 Å². The molecule has 1 saturated carbocycles. The van der Waals surface area contributed by atoms with Gasteiger partial charge in [-0.05, 0) is 64.7 Å². The van der Waals surface area contributed by atoms with E-state index in [2.05, 4.69) is 26.1 Å². The summed E-state index contributed by atoms with van der Waals surface area (Å²) in [5.41, 5.74) is 1.45. The highest BCUT2D eigenvalue weighted by molar-refractivity contribution is 6.30. The lowest BCUT2D eigenvalue weighted by Gasteiger charge is -2.29. The van der Waals surface area contributed by atoms with Crippen molar-refractivity contribution in [3.8, 4) is 17.0 Å². The normalized spacial score (nSPS) is 19.0. The molecular weight excluding hydrogens is 504 g/mol. The Morgan fingerprint density at radius 2 is 1.97 bits per heavy atom. The van der Waals surface area contributed by atoms with Crippen LogP contribution in [0.2, 0.25) is 5.02 Å². The standard InChI is InChI=1S/C28H35ClN6O3/c1-4-30-26-13-24-23(15-31-26)27(18-14-32-34(16-18)17-25(36)28(2,3)37)33-35(24)20-8-10-21(11-9-20)38-22-7-5-6-19(29)12-22/h5-7,12-16,20-21,25,36-37H,4,8-11,17H2,1-3H3,(H,30,31)/t20-,21+,25-/m1/s1. The Morgan fingerprint density at radius 1 is 1.18 bits per heavy atom. The number of aliphatic hydroxyl groups is 2. The Hall–Kier alpha value is -3.14. The Kier molecular flexibility index (Phi) is 7.61. The molecule has 3 N–H and O–H groups in total. The molecule has 0 amide bonds. The largest absolute Gasteiger partial charge is 0.490 e. The first-order valence-electron chi connectivity index (χ1n) is 13.2. The molecule has 202 valence electrons. The molecule has 3 heterocycles. The van der Waals surface area contributed by atoms with Crippen molar-refractivity contribution in [1.29, 1.82) is 0 Å². The summed E-state index contributed by atoms with van der Waals surface area (Å²) < 4.78 is 9.98. The number of nitrogens with one attached hydrogen (secondary N) is 1. The third-order valence-electron chi connectivity index (χ3n) is 7.12. The minimum atomic E-state index is -1.22. The number of aliphatic hydroxyl groups excluding tert-OH is 1. The first kappa shape index (κ1) is 26.5. The number of hydrogen-bond donors (Lipinski definition) is 3. The van der Waals surface area contributed by atoms with E-state index in [4.69, 9.17) is 21.4 Å². The average molecular weight is 539 g/mol. The number of hydrogen-bond acceptors (Lipinski definition) is 7. The van der Waals surface area contributed by atoms with Crippen molar-refractivity contribution < 1.29 is 14.9 Å². The molecule has 9 nitrogen and oxygen atoms in total. The minimum absolute atomic E-state index is 0.144. The van der Waals surface area contributed by atoms with Crippen molar-refractivity contribution in [2.75, 3.05) is 11.9 Å². The zero-order valence-corrected chi connectivity index (χ0v) is 22.8. The number of halogens is 1. The summed E-state index contributed by atoms with van der Waals surface area (Å²) in [6, 6.07) is 9.85. The van der Waals surface area contributed by atoms with Crippen LogP contribution < -0.4 is 10.1 Å². The van der Waals surface area contributed by atoms with Gasteiger partial charge in [-0.15, -0.1) is 0 Å². The highest BCUT2D eigenvalue weighted by atomic mass is 35.5. The lowest BCUT2D eigenvalue weighted by Crippen LogP contribution is -2.39. The van der Waals surface area contributed by atoms with Crippen LogP contribution in [0.3, 0.4) is 0 Å². The van der Waals surface area contributed by atoms with Gasteiger partial charge in [0.25, 0.3) is 0 Å². The fraction of sp³-hybridized carbons (Fsp3) is 0.464. The molecule has 0 unspecified atom stereocenters. The van der Waals surface area contributed by atoms with Gasteiger partial charge < -0.3 is 20.3 Å². The maximum Gasteiger partial charge on any atom is 0.128 e. The van der Waals surface area contributed by atoms with E-state index in [9.17, 15) is 10.2 Å². The molecule has 0 radical (unpaired) electrons. The van der Waals surface area contributed by atoms with Crippen LogP contribution in [-0.2, 0) is 6.54 Å². The molecule has 3 aromatic heterocycles. The van der Waals surface area contributed by atoms with E-state index in [1.807, 2.05) is 43.6 Å². The molecule has 10 heteroatoms. The van der Waals surface area contributed by atoms with Crippen molar-refractivity contribution in [3.05, 3.63) is 53.9 Å². The Labute approximate surface area is 227 Å². The Balaban J connectivity index is 1.40. The van der Waals surface area contributed by atoms with E-state index in [1.165, 1.54) is 0 Å². The number of anilines is 1. The zero-order valence-electron chi connectivity index (χ0n) is 22.0. The van der Waals surface area contributed by atoms with Crippen LogP contribution in [0.1, 0.15) is 52.5 Å². The minimum Gasteiger partial charge on any atom is -0.490 e. The predicted octanol–water partition coefficient (Wildman–Crippen LogP) is 5.07. The van der Waals surface area contributed by atoms with E-state index in [1.54, 1.807) is 24.7 Å². The summed E-state index contributed by atoms with van der Waals surface area (Å²) in [6.07, 6.45) is 8.39. The van der Waals surface area contributed by atoms with Gasteiger partial charge in [-0.2, -0.15) is 10.2 Å². The highest BCUT2D eigenvalue weighted by Gasteiger charge is 2.28. The van der Waals surface area contributed by atoms with Gasteiger partial charge in [0.05, 0.1) is 36.0 Å². The fourth-order valence-electron chi connectivity index (χ4n) is 4.93. The Morgan fingerprint density at radius 3 is 2.68 bits per heavy atom. The number of fused-ring (bicyclic) bond motifs is 1. The van der Waals surface area contributed by atoms with Crippen molar-refractivity contribution >= 4 is 28.3 Å². The van der Waals surface area contributed by atoms with Crippen LogP contribution in [0.4, 0.5) is 5.82 Å². The second-order valence-corrected chi connectivity index (χ2v) is 11.0. The highest BCUT2D eigenvalue weighted by Crippen LogP contribution is 2.36. The molecule has 1 atom stereocenters. The maximum absolute atomic E-state index is 10.3. The molecule has 1 aliphatic rings. The van der Waals surface area contributed by atoms with Crippen molar-refractivity contribution in [1.82, 2.24) is 24.5 Å².